The van der Waals surface area contributed by atoms with Gasteiger partial charge in [0.1, 0.15) is 0 Å². The Morgan fingerprint density at radius 2 is 1.61 bits per heavy atom. The molecule has 3 aromatic rings. The number of halogens is 4. The highest BCUT2D eigenvalue weighted by Crippen LogP contribution is 2.21. The summed E-state index contributed by atoms with van der Waals surface area (Å²) in [6, 6.07) is 5.95. The van der Waals surface area contributed by atoms with Crippen LogP contribution in [0.5, 0.6) is 0 Å². The van der Waals surface area contributed by atoms with E-state index in [9.17, 15) is 26.0 Å². The first-order valence-electron chi connectivity index (χ1n) is 8.04. The smallest absolute Gasteiger partial charge is 0.263 e. The first-order valence-corrected chi connectivity index (χ1v) is 9.52. The molecule has 10 heteroatoms. The number of rotatable bonds is 5. The molecule has 1 aromatic heterocycles. The van der Waals surface area contributed by atoms with Crippen LogP contribution in [0.25, 0.3) is 0 Å². The Kier molecular flexibility index (Phi) is 5.16. The second kappa shape index (κ2) is 7.27. The third-order valence-corrected chi connectivity index (χ3v) is 5.54. The topological polar surface area (TPSA) is 64.0 Å². The average Bonchev–Trinajstić information content (AvgIpc) is 3.05. The number of benzene rings is 2. The van der Waals surface area contributed by atoms with Crippen LogP contribution < -0.4 is 4.72 Å². The van der Waals surface area contributed by atoms with Crippen LogP contribution in [0.4, 0.5) is 23.4 Å². The Labute approximate surface area is 158 Å². The molecule has 0 saturated carbocycles. The highest BCUT2D eigenvalue weighted by atomic mass is 32.2. The molecule has 0 radical (unpaired) electrons. The standard InChI is InChI=1S/C18H15F4N3O2S/c1-10-3-4-12(7-11(10)2)28(26,27)24-16-5-6-25(23-16)9-13-17(21)14(19)8-15(20)18(13)22/h3-8H,9H2,1-2H3,(H,23,24). The molecular formula is C18H15F4N3O2S. The highest BCUT2D eigenvalue weighted by Gasteiger charge is 2.20. The van der Waals surface area contributed by atoms with Gasteiger partial charge >= 0.3 is 0 Å². The molecule has 148 valence electrons. The Morgan fingerprint density at radius 3 is 2.21 bits per heavy atom. The van der Waals surface area contributed by atoms with E-state index in [0.717, 1.165) is 15.8 Å². The van der Waals surface area contributed by atoms with Crippen molar-refractivity contribution < 1.29 is 26.0 Å². The van der Waals surface area contributed by atoms with E-state index in [1.54, 1.807) is 13.0 Å². The monoisotopic (exact) mass is 413 g/mol. The molecule has 0 aliphatic rings. The molecule has 0 bridgehead atoms. The van der Waals surface area contributed by atoms with Crippen LogP contribution in [-0.2, 0) is 16.6 Å². The lowest BCUT2D eigenvalue weighted by Gasteiger charge is -2.08. The van der Waals surface area contributed by atoms with Crippen LogP contribution in [0.1, 0.15) is 16.7 Å². The van der Waals surface area contributed by atoms with E-state index in [2.05, 4.69) is 9.82 Å². The quantitative estimate of drug-likeness (QED) is 0.510. The molecular weight excluding hydrogens is 398 g/mol. The number of hydrogen-bond acceptors (Lipinski definition) is 3. The predicted molar refractivity (Wildman–Crippen MR) is 94.3 cm³/mol. The molecule has 0 spiro atoms. The zero-order chi connectivity index (χ0) is 20.6. The van der Waals surface area contributed by atoms with E-state index in [4.69, 9.17) is 0 Å². The number of nitrogens with zero attached hydrogens (tertiary/aromatic N) is 2. The van der Waals surface area contributed by atoms with Crippen molar-refractivity contribution in [2.45, 2.75) is 25.3 Å². The lowest BCUT2D eigenvalue weighted by atomic mass is 10.1. The van der Waals surface area contributed by atoms with Crippen molar-refractivity contribution in [2.24, 2.45) is 0 Å². The maximum Gasteiger partial charge on any atom is 0.263 e. The lowest BCUT2D eigenvalue weighted by molar-refractivity contribution is 0.431. The molecule has 1 N–H and O–H groups in total. The Morgan fingerprint density at radius 1 is 0.964 bits per heavy atom. The number of aryl methyl sites for hydroxylation is 2. The van der Waals surface area contributed by atoms with E-state index in [1.165, 1.54) is 24.4 Å². The van der Waals surface area contributed by atoms with Gasteiger partial charge in [0.25, 0.3) is 10.0 Å². The molecule has 28 heavy (non-hydrogen) atoms. The first-order chi connectivity index (χ1) is 13.1. The first kappa shape index (κ1) is 19.9. The van der Waals surface area contributed by atoms with Crippen LogP contribution in [0.2, 0.25) is 0 Å². The second-order valence-corrected chi connectivity index (χ2v) is 7.88. The van der Waals surface area contributed by atoms with Gasteiger partial charge in [-0.2, -0.15) is 5.10 Å². The maximum absolute atomic E-state index is 13.8. The summed E-state index contributed by atoms with van der Waals surface area (Å²) < 4.78 is 82.2. The van der Waals surface area contributed by atoms with Crippen molar-refractivity contribution >= 4 is 15.8 Å². The molecule has 1 heterocycles. The van der Waals surface area contributed by atoms with Gasteiger partial charge in [0.15, 0.2) is 29.1 Å². The summed E-state index contributed by atoms with van der Waals surface area (Å²) >= 11 is 0. The number of sulfonamides is 1. The predicted octanol–water partition coefficient (Wildman–Crippen LogP) is 3.91. The van der Waals surface area contributed by atoms with E-state index in [0.29, 0.717) is 0 Å². The Bertz CT molecular complexity index is 1130. The fraction of sp³-hybridized carbons (Fsp3) is 0.167. The normalized spacial score (nSPS) is 11.6. The van der Waals surface area contributed by atoms with Gasteiger partial charge in [-0.25, -0.2) is 26.0 Å². The number of hydrogen-bond donors (Lipinski definition) is 1. The lowest BCUT2D eigenvalue weighted by Crippen LogP contribution is -2.14. The van der Waals surface area contributed by atoms with Gasteiger partial charge in [-0.3, -0.25) is 9.40 Å². The SMILES string of the molecule is Cc1ccc(S(=O)(=O)Nc2ccn(Cc3c(F)c(F)cc(F)c3F)n2)cc1C. The van der Waals surface area contributed by atoms with Crippen LogP contribution >= 0.6 is 0 Å². The molecule has 2 aromatic carbocycles. The molecule has 5 nitrogen and oxygen atoms in total. The van der Waals surface area contributed by atoms with Crippen molar-refractivity contribution in [3.05, 3.63) is 76.5 Å². The molecule has 0 fully saturated rings. The van der Waals surface area contributed by atoms with E-state index in [-0.39, 0.29) is 16.8 Å². The fourth-order valence-electron chi connectivity index (χ4n) is 2.51. The molecule has 0 aliphatic carbocycles. The molecule has 0 saturated heterocycles. The minimum absolute atomic E-state index is 0.0226. The average molecular weight is 413 g/mol. The summed E-state index contributed by atoms with van der Waals surface area (Å²) in [6.45, 7) is 2.98. The number of aromatic nitrogens is 2. The summed E-state index contributed by atoms with van der Waals surface area (Å²) in [6.07, 6.45) is 1.22. The zero-order valence-electron chi connectivity index (χ0n) is 14.8. The van der Waals surface area contributed by atoms with Crippen molar-refractivity contribution in [3.8, 4) is 0 Å². The summed E-state index contributed by atoms with van der Waals surface area (Å²) in [5.74, 6) is -6.25. The zero-order valence-corrected chi connectivity index (χ0v) is 15.6. The van der Waals surface area contributed by atoms with Gasteiger partial charge in [0.2, 0.25) is 0 Å². The Balaban J connectivity index is 1.84. The highest BCUT2D eigenvalue weighted by molar-refractivity contribution is 7.92. The van der Waals surface area contributed by atoms with E-state index in [1.807, 2.05) is 6.92 Å². The van der Waals surface area contributed by atoms with Gasteiger partial charge in [0.05, 0.1) is 17.0 Å². The summed E-state index contributed by atoms with van der Waals surface area (Å²) in [5, 5.41) is 3.85. The van der Waals surface area contributed by atoms with Crippen molar-refractivity contribution in [1.29, 1.82) is 0 Å². The fourth-order valence-corrected chi connectivity index (χ4v) is 3.59. The number of anilines is 1. The van der Waals surface area contributed by atoms with Crippen LogP contribution in [0, 0.1) is 37.1 Å². The maximum atomic E-state index is 13.8. The molecule has 0 atom stereocenters. The van der Waals surface area contributed by atoms with E-state index >= 15 is 0 Å². The molecule has 0 amide bonds. The van der Waals surface area contributed by atoms with Gasteiger partial charge in [-0.15, -0.1) is 0 Å². The van der Waals surface area contributed by atoms with Crippen molar-refractivity contribution in [1.82, 2.24) is 9.78 Å². The number of nitrogens with one attached hydrogen (secondary N) is 1. The molecule has 3 rings (SSSR count). The van der Waals surface area contributed by atoms with Crippen molar-refractivity contribution in [3.63, 3.8) is 0 Å². The molecule has 0 aliphatic heterocycles. The minimum Gasteiger partial charge on any atom is -0.266 e. The van der Waals surface area contributed by atoms with Gasteiger partial charge in [0, 0.05) is 18.3 Å². The van der Waals surface area contributed by atoms with Gasteiger partial charge < -0.3 is 0 Å². The van der Waals surface area contributed by atoms with Crippen LogP contribution in [-0.4, -0.2) is 18.2 Å². The largest absolute Gasteiger partial charge is 0.266 e. The minimum atomic E-state index is -3.94. The molecule has 0 unspecified atom stereocenters. The van der Waals surface area contributed by atoms with Crippen LogP contribution in [0.3, 0.4) is 0 Å². The van der Waals surface area contributed by atoms with Crippen molar-refractivity contribution in [2.75, 3.05) is 4.72 Å². The summed E-state index contributed by atoms with van der Waals surface area (Å²) in [4.78, 5) is 0.0226. The summed E-state index contributed by atoms with van der Waals surface area (Å²) in [5.41, 5.74) is 0.853. The third-order valence-electron chi connectivity index (χ3n) is 4.19. The van der Waals surface area contributed by atoms with E-state index < -0.39 is 45.4 Å². The summed E-state index contributed by atoms with van der Waals surface area (Å²) in [7, 11) is -3.94. The van der Waals surface area contributed by atoms with Gasteiger partial charge in [-0.05, 0) is 37.1 Å². The van der Waals surface area contributed by atoms with Gasteiger partial charge in [-0.1, -0.05) is 6.07 Å². The second-order valence-electron chi connectivity index (χ2n) is 6.20. The third kappa shape index (κ3) is 3.86. The van der Waals surface area contributed by atoms with Crippen LogP contribution in [0.15, 0.2) is 41.4 Å². The Hall–Kier alpha value is -2.88.